The summed E-state index contributed by atoms with van der Waals surface area (Å²) in [6.45, 7) is -0.163. The minimum atomic E-state index is -0.506. The lowest BCUT2D eigenvalue weighted by atomic mass is 10.1. The molecule has 2 aromatic carbocycles. The lowest BCUT2D eigenvalue weighted by molar-refractivity contribution is -0.141. The summed E-state index contributed by atoms with van der Waals surface area (Å²) in [6, 6.07) is 11.9. The van der Waals surface area contributed by atoms with Gasteiger partial charge < -0.3 is 15.4 Å². The molecule has 2 amide bonds. The van der Waals surface area contributed by atoms with Crippen LogP contribution in [0.15, 0.2) is 42.5 Å². The van der Waals surface area contributed by atoms with E-state index >= 15 is 0 Å². The first-order chi connectivity index (χ1) is 12.4. The molecule has 2 N–H and O–H groups in total. The number of hydrogen-bond acceptors (Lipinski definition) is 4. The third-order valence-corrected chi connectivity index (χ3v) is 4.54. The molecule has 2 rings (SSSR count). The average Bonchev–Trinajstić information content (AvgIpc) is 2.61. The van der Waals surface area contributed by atoms with Crippen LogP contribution in [0.25, 0.3) is 0 Å². The Bertz CT molecular complexity index is 824. The van der Waals surface area contributed by atoms with E-state index in [0.29, 0.717) is 16.3 Å². The fourth-order valence-corrected chi connectivity index (χ4v) is 3.19. The fourth-order valence-electron chi connectivity index (χ4n) is 2.07. The highest BCUT2D eigenvalue weighted by molar-refractivity contribution is 14.1. The van der Waals surface area contributed by atoms with Crippen molar-refractivity contribution in [2.45, 2.75) is 6.42 Å². The fraction of sp³-hybridized carbons (Fsp3) is 0.167. The third kappa shape index (κ3) is 5.99. The molecule has 8 heteroatoms. The highest BCUT2D eigenvalue weighted by atomic mass is 127. The van der Waals surface area contributed by atoms with Crippen LogP contribution in [-0.2, 0) is 20.7 Å². The third-order valence-electron chi connectivity index (χ3n) is 3.41. The maximum Gasteiger partial charge on any atom is 0.325 e. The van der Waals surface area contributed by atoms with E-state index in [9.17, 15) is 14.4 Å². The SMILES string of the molecule is COC(=O)CNC(=O)Cc1ccc(NC(=O)c2ccc(Cl)cc2I)cc1. The highest BCUT2D eigenvalue weighted by Crippen LogP contribution is 2.19. The van der Waals surface area contributed by atoms with Crippen molar-refractivity contribution in [1.82, 2.24) is 5.32 Å². The molecule has 0 aliphatic rings. The van der Waals surface area contributed by atoms with Crippen molar-refractivity contribution < 1.29 is 19.1 Å². The van der Waals surface area contributed by atoms with Crippen LogP contribution in [0, 0.1) is 3.57 Å². The number of benzene rings is 2. The molecule has 0 saturated carbocycles. The van der Waals surface area contributed by atoms with E-state index in [-0.39, 0.29) is 24.8 Å². The lowest BCUT2D eigenvalue weighted by Gasteiger charge is -2.08. The van der Waals surface area contributed by atoms with Gasteiger partial charge in [-0.15, -0.1) is 0 Å². The van der Waals surface area contributed by atoms with Crippen LogP contribution < -0.4 is 10.6 Å². The Kier molecular flexibility index (Phi) is 7.40. The number of ether oxygens (including phenoxy) is 1. The topological polar surface area (TPSA) is 84.5 Å². The summed E-state index contributed by atoms with van der Waals surface area (Å²) in [5.41, 5.74) is 1.90. The summed E-state index contributed by atoms with van der Waals surface area (Å²) in [5.74, 6) is -1.04. The van der Waals surface area contributed by atoms with Crippen molar-refractivity contribution in [1.29, 1.82) is 0 Å². The van der Waals surface area contributed by atoms with Crippen LogP contribution in [0.2, 0.25) is 5.02 Å². The number of hydrogen-bond donors (Lipinski definition) is 2. The van der Waals surface area contributed by atoms with E-state index in [2.05, 4.69) is 38.0 Å². The number of methoxy groups -OCH3 is 1. The first-order valence-corrected chi connectivity index (χ1v) is 9.03. The van der Waals surface area contributed by atoms with E-state index in [1.165, 1.54) is 7.11 Å². The van der Waals surface area contributed by atoms with Gasteiger partial charge >= 0.3 is 5.97 Å². The molecular formula is C18H16ClIN2O4. The summed E-state index contributed by atoms with van der Waals surface area (Å²) in [6.07, 6.45) is 0.125. The largest absolute Gasteiger partial charge is 0.468 e. The van der Waals surface area contributed by atoms with Crippen LogP contribution in [-0.4, -0.2) is 31.4 Å². The Balaban J connectivity index is 1.93. The van der Waals surface area contributed by atoms with Gasteiger partial charge in [0.15, 0.2) is 0 Å². The molecular weight excluding hydrogens is 471 g/mol. The van der Waals surface area contributed by atoms with Crippen molar-refractivity contribution >= 4 is 57.7 Å². The molecule has 0 spiro atoms. The molecule has 0 atom stereocenters. The number of nitrogens with one attached hydrogen (secondary N) is 2. The van der Waals surface area contributed by atoms with Gasteiger partial charge in [0.2, 0.25) is 5.91 Å². The monoisotopic (exact) mass is 486 g/mol. The summed E-state index contributed by atoms with van der Waals surface area (Å²) in [5, 5.41) is 5.83. The predicted octanol–water partition coefficient (Wildman–Crippen LogP) is 3.03. The normalized spacial score (nSPS) is 10.1. The second-order valence-electron chi connectivity index (χ2n) is 5.30. The molecule has 2 aromatic rings. The van der Waals surface area contributed by atoms with Gasteiger partial charge in [-0.05, 0) is 58.5 Å². The Hall–Kier alpha value is -2.13. The Morgan fingerprint density at radius 2 is 1.81 bits per heavy atom. The van der Waals surface area contributed by atoms with Gasteiger partial charge in [0.25, 0.3) is 5.91 Å². The molecule has 0 bridgehead atoms. The minimum absolute atomic E-state index is 0.125. The van der Waals surface area contributed by atoms with E-state index in [1.54, 1.807) is 42.5 Å². The molecule has 0 saturated heterocycles. The summed E-state index contributed by atoms with van der Waals surface area (Å²) in [7, 11) is 1.26. The van der Waals surface area contributed by atoms with Crippen LogP contribution >= 0.6 is 34.2 Å². The molecule has 0 aliphatic heterocycles. The van der Waals surface area contributed by atoms with E-state index in [1.807, 2.05) is 0 Å². The van der Waals surface area contributed by atoms with Gasteiger partial charge in [-0.2, -0.15) is 0 Å². The zero-order valence-electron chi connectivity index (χ0n) is 13.8. The Morgan fingerprint density at radius 3 is 2.42 bits per heavy atom. The molecule has 6 nitrogen and oxygen atoms in total. The van der Waals surface area contributed by atoms with E-state index in [0.717, 1.165) is 9.13 Å². The van der Waals surface area contributed by atoms with Gasteiger partial charge in [-0.25, -0.2) is 0 Å². The van der Waals surface area contributed by atoms with Crippen molar-refractivity contribution in [3.8, 4) is 0 Å². The number of esters is 1. The van der Waals surface area contributed by atoms with Gasteiger partial charge in [0.05, 0.1) is 19.1 Å². The molecule has 0 aliphatic carbocycles. The number of carbonyl (C=O) groups is 3. The summed E-state index contributed by atoms with van der Waals surface area (Å²) >= 11 is 7.95. The lowest BCUT2D eigenvalue weighted by Crippen LogP contribution is -2.31. The van der Waals surface area contributed by atoms with Crippen molar-refractivity contribution in [2.24, 2.45) is 0 Å². The molecule has 0 unspecified atom stereocenters. The van der Waals surface area contributed by atoms with Gasteiger partial charge in [0, 0.05) is 14.3 Å². The van der Waals surface area contributed by atoms with Crippen LogP contribution in [0.3, 0.4) is 0 Å². The second-order valence-corrected chi connectivity index (χ2v) is 6.90. The maximum absolute atomic E-state index is 12.3. The molecule has 26 heavy (non-hydrogen) atoms. The number of rotatable bonds is 6. The quantitative estimate of drug-likeness (QED) is 0.486. The average molecular weight is 487 g/mol. The molecule has 0 fully saturated rings. The van der Waals surface area contributed by atoms with Crippen LogP contribution in [0.4, 0.5) is 5.69 Å². The van der Waals surface area contributed by atoms with Crippen molar-refractivity contribution in [2.75, 3.05) is 19.0 Å². The Labute approximate surface area is 169 Å². The first kappa shape index (κ1) is 20.2. The summed E-state index contributed by atoms with van der Waals surface area (Å²) in [4.78, 5) is 35.1. The smallest absolute Gasteiger partial charge is 0.325 e. The van der Waals surface area contributed by atoms with E-state index in [4.69, 9.17) is 11.6 Å². The van der Waals surface area contributed by atoms with Crippen molar-refractivity contribution in [3.63, 3.8) is 0 Å². The van der Waals surface area contributed by atoms with Gasteiger partial charge in [0.1, 0.15) is 6.54 Å². The Morgan fingerprint density at radius 1 is 1.12 bits per heavy atom. The number of carbonyl (C=O) groups excluding carboxylic acids is 3. The molecule has 0 radical (unpaired) electrons. The van der Waals surface area contributed by atoms with Crippen LogP contribution in [0.1, 0.15) is 15.9 Å². The van der Waals surface area contributed by atoms with Crippen LogP contribution in [0.5, 0.6) is 0 Å². The highest BCUT2D eigenvalue weighted by Gasteiger charge is 2.11. The number of anilines is 1. The maximum atomic E-state index is 12.3. The first-order valence-electron chi connectivity index (χ1n) is 7.58. The molecule has 0 aromatic heterocycles. The van der Waals surface area contributed by atoms with E-state index < -0.39 is 5.97 Å². The molecule has 136 valence electrons. The standard InChI is InChI=1S/C18H16ClIN2O4/c1-26-17(24)10-21-16(23)8-11-2-5-13(6-3-11)22-18(25)14-7-4-12(19)9-15(14)20/h2-7,9H,8,10H2,1H3,(H,21,23)(H,22,25). The van der Waals surface area contributed by atoms with Crippen molar-refractivity contribution in [3.05, 3.63) is 62.2 Å². The van der Waals surface area contributed by atoms with Gasteiger partial charge in [-0.3, -0.25) is 14.4 Å². The molecule has 0 heterocycles. The number of halogens is 2. The minimum Gasteiger partial charge on any atom is -0.468 e. The zero-order valence-corrected chi connectivity index (χ0v) is 16.8. The second kappa shape index (κ2) is 9.54. The zero-order chi connectivity index (χ0) is 19.1. The van der Waals surface area contributed by atoms with Gasteiger partial charge in [-0.1, -0.05) is 23.7 Å². The predicted molar refractivity (Wildman–Crippen MR) is 107 cm³/mol. The number of amides is 2. The summed E-state index contributed by atoms with van der Waals surface area (Å²) < 4.78 is 5.21.